The van der Waals surface area contributed by atoms with E-state index in [2.05, 4.69) is 25.1 Å². The second-order valence-corrected chi connectivity index (χ2v) is 2.93. The molecule has 0 aliphatic heterocycles. The molecule has 0 saturated heterocycles. The predicted molar refractivity (Wildman–Crippen MR) is 60.4 cm³/mol. The van der Waals surface area contributed by atoms with Crippen LogP contribution in [0.2, 0.25) is 0 Å². The van der Waals surface area contributed by atoms with E-state index in [9.17, 15) is 0 Å². The molecule has 1 nitrogen and oxygen atoms in total. The standard InChI is InChI=1S/C7H8.C6H5N.Es/c1-7-5-3-2-4-6-7;7-6-4-2-1-3-5-6;/h2-6H,1H3;1-4,7H;/q;-2;. The summed E-state index contributed by atoms with van der Waals surface area (Å²) in [5, 5.41) is 0. The Hall–Kier alpha value is -2.76. The molecule has 0 heterocycles. The molecule has 1 radical (unpaired) electrons. The fraction of sp³-hybridized carbons (Fsp3) is 0.0769. The first kappa shape index (κ1) is 12.2. The summed E-state index contributed by atoms with van der Waals surface area (Å²) in [6, 6.07) is 20.0. The molecule has 2 rings (SSSR count). The minimum Gasteiger partial charge on any atom is -0.720 e. The van der Waals surface area contributed by atoms with Gasteiger partial charge in [0, 0.05) is 0 Å². The summed E-state index contributed by atoms with van der Waals surface area (Å²) in [5.74, 6) is 0. The van der Waals surface area contributed by atoms with E-state index in [4.69, 9.17) is 5.73 Å². The second-order valence-electron chi connectivity index (χ2n) is 2.93. The molecule has 1 N–H and O–H groups in total. The van der Waals surface area contributed by atoms with Crippen LogP contribution in [0.1, 0.15) is 5.56 Å². The average molecular weight is 435 g/mol. The predicted octanol–water partition coefficient (Wildman–Crippen LogP) is 4.17. The Morgan fingerprint density at radius 3 is 1.80 bits per heavy atom. The largest absolute Gasteiger partial charge is 0.720 e. The molecular formula is C13H13EsN-2. The van der Waals surface area contributed by atoms with Gasteiger partial charge in [-0.2, -0.15) is 24.3 Å². The Bertz CT molecular complexity index is 308. The van der Waals surface area contributed by atoms with Crippen LogP contribution in [0.5, 0.6) is 0 Å². The van der Waals surface area contributed by atoms with Gasteiger partial charge in [-0.05, 0) is 6.92 Å². The molecule has 0 amide bonds. The van der Waals surface area contributed by atoms with Gasteiger partial charge in [-0.3, -0.25) is 5.69 Å². The van der Waals surface area contributed by atoms with E-state index in [1.165, 1.54) is 5.56 Å². The quantitative estimate of drug-likeness (QED) is 0.555. The Kier molecular flexibility index (Phi) is 5.49. The van der Waals surface area contributed by atoms with Crippen molar-refractivity contribution in [1.82, 2.24) is 0 Å². The monoisotopic (exact) mass is 435 g/mol. The van der Waals surface area contributed by atoms with Crippen LogP contribution in [-0.2, 0) is 0 Å². The van der Waals surface area contributed by atoms with E-state index < -0.39 is 0 Å². The molecule has 0 fully saturated rings. The summed E-state index contributed by atoms with van der Waals surface area (Å²) in [6.07, 6.45) is 0. The van der Waals surface area contributed by atoms with Crippen molar-refractivity contribution in [2.75, 3.05) is 0 Å². The fourth-order valence-electron chi connectivity index (χ4n) is 0.928. The Morgan fingerprint density at radius 1 is 0.933 bits per heavy atom. The first-order valence-corrected chi connectivity index (χ1v) is 4.49. The number of nitrogens with one attached hydrogen (secondary N) is 1. The van der Waals surface area contributed by atoms with E-state index in [1.807, 2.05) is 30.3 Å². The maximum Gasteiger partial charge on any atom is 0 e. The molecule has 0 spiro atoms. The number of aryl methyl sites for hydroxylation is 1. The summed E-state index contributed by atoms with van der Waals surface area (Å²) in [4.78, 5) is 0. The molecule has 0 aromatic heterocycles. The van der Waals surface area contributed by atoms with Crippen LogP contribution in [0.4, 0.5) is 5.69 Å². The summed E-state index contributed by atoms with van der Waals surface area (Å²) in [5.41, 5.74) is 8.71. The SMILES string of the molecule is Cc1ccccc1.[Es].[NH-]c1[c-]cccc1. The van der Waals surface area contributed by atoms with Gasteiger partial charge in [0.2, 0.25) is 0 Å². The summed E-state index contributed by atoms with van der Waals surface area (Å²) >= 11 is 0. The molecule has 0 aliphatic rings. The van der Waals surface area contributed by atoms with E-state index in [0.717, 1.165) is 0 Å². The third kappa shape index (κ3) is 5.47. The molecular weight excluding hydrogens is 422 g/mol. The number of rotatable bonds is 0. The summed E-state index contributed by atoms with van der Waals surface area (Å²) in [6.45, 7) is 2.08. The van der Waals surface area contributed by atoms with Crippen molar-refractivity contribution in [1.29, 1.82) is 0 Å². The van der Waals surface area contributed by atoms with Crippen LogP contribution in [0.25, 0.3) is 5.73 Å². The van der Waals surface area contributed by atoms with Crippen LogP contribution in [0.15, 0.2) is 54.6 Å². The van der Waals surface area contributed by atoms with E-state index >= 15 is 0 Å². The Balaban J connectivity index is 0.000000245. The Labute approximate surface area is 85.2 Å². The van der Waals surface area contributed by atoms with Crippen molar-refractivity contribution in [2.24, 2.45) is 0 Å². The zero-order valence-corrected chi connectivity index (χ0v) is 11.0. The van der Waals surface area contributed by atoms with Gasteiger partial charge in [-0.25, -0.2) is 6.07 Å². The smallest absolute Gasteiger partial charge is 0 e. The minimum atomic E-state index is 0. The van der Waals surface area contributed by atoms with Crippen molar-refractivity contribution in [3.8, 4) is 0 Å². The second kappa shape index (κ2) is 6.72. The van der Waals surface area contributed by atoms with Gasteiger partial charge >= 0.3 is 0 Å². The molecule has 83 valence electrons. The normalized spacial score (nSPS) is 8.07. The molecule has 0 unspecified atom stereocenters. The minimum absolute atomic E-state index is 0. The van der Waals surface area contributed by atoms with E-state index in [-0.39, 0.29) is 0 Å². The van der Waals surface area contributed by atoms with Crippen molar-refractivity contribution < 1.29 is 0 Å². The van der Waals surface area contributed by atoms with E-state index in [0.29, 0.717) is 5.69 Å². The zero-order valence-electron chi connectivity index (χ0n) is 8.50. The van der Waals surface area contributed by atoms with Crippen molar-refractivity contribution in [2.45, 2.75) is 6.92 Å². The topological polar surface area (TPSA) is 23.8 Å². The van der Waals surface area contributed by atoms with Gasteiger partial charge in [0.15, 0.2) is 0 Å². The third-order valence-corrected chi connectivity index (χ3v) is 1.65. The van der Waals surface area contributed by atoms with Crippen LogP contribution in [0.3, 0.4) is 0 Å². The Morgan fingerprint density at radius 2 is 1.53 bits per heavy atom. The van der Waals surface area contributed by atoms with Crippen LogP contribution in [-0.4, -0.2) is 0 Å². The van der Waals surface area contributed by atoms with Gasteiger partial charge in [-0.15, -0.1) is 0 Å². The molecule has 2 aromatic carbocycles. The van der Waals surface area contributed by atoms with Gasteiger partial charge < -0.3 is 5.73 Å². The first-order chi connectivity index (χ1) is 6.79. The molecule has 0 saturated carbocycles. The summed E-state index contributed by atoms with van der Waals surface area (Å²) < 4.78 is 0. The summed E-state index contributed by atoms with van der Waals surface area (Å²) in [7, 11) is 0. The molecule has 0 bridgehead atoms. The van der Waals surface area contributed by atoms with Crippen LogP contribution < -0.4 is 0 Å². The van der Waals surface area contributed by atoms with Gasteiger partial charge in [0.1, 0.15) is 0 Å². The molecule has 2 heteroatoms. The zero-order chi connectivity index (χ0) is 10.2. The van der Waals surface area contributed by atoms with Gasteiger partial charge in [-0.1, -0.05) is 35.9 Å². The third-order valence-electron chi connectivity index (χ3n) is 1.65. The maximum absolute atomic E-state index is 6.94. The van der Waals surface area contributed by atoms with Crippen molar-refractivity contribution >= 4 is 5.69 Å². The molecule has 0 aliphatic carbocycles. The fourth-order valence-corrected chi connectivity index (χ4v) is 0.928. The van der Waals surface area contributed by atoms with E-state index in [1.54, 1.807) is 12.1 Å². The van der Waals surface area contributed by atoms with Crippen molar-refractivity contribution in [3.05, 3.63) is 72.0 Å². The van der Waals surface area contributed by atoms with Gasteiger partial charge in [0.25, 0.3) is 0 Å². The number of benzene rings is 2. The maximum atomic E-state index is 6.94. The number of hydrogen-bond donors (Lipinski definition) is 0. The van der Waals surface area contributed by atoms with Crippen LogP contribution in [0, 0.1) is 13.0 Å². The van der Waals surface area contributed by atoms with Crippen molar-refractivity contribution in [3.63, 3.8) is 0 Å². The van der Waals surface area contributed by atoms with Crippen LogP contribution >= 0.6 is 0 Å². The first-order valence-electron chi connectivity index (χ1n) is 4.49. The average Bonchev–Trinajstić information content (AvgIpc) is 2.21. The molecule has 2 aromatic rings. The molecule has 0 atom stereocenters. The number of hydrogen-bond acceptors (Lipinski definition) is 0. The molecule has 15 heavy (non-hydrogen) atoms. The van der Waals surface area contributed by atoms with Gasteiger partial charge in [0.05, 0.1) is 0 Å².